The Hall–Kier alpha value is -2.49. The molecule has 2 heterocycles. The van der Waals surface area contributed by atoms with E-state index in [1.54, 1.807) is 0 Å². The minimum absolute atomic E-state index is 0.192. The molecule has 8 nitrogen and oxygen atoms in total. The fourth-order valence-corrected chi connectivity index (χ4v) is 4.02. The molecule has 3 unspecified atom stereocenters. The van der Waals surface area contributed by atoms with Crippen molar-refractivity contribution >= 4 is 23.5 Å². The highest BCUT2D eigenvalue weighted by atomic mass is 35.5. The quantitative estimate of drug-likeness (QED) is 0.486. The van der Waals surface area contributed by atoms with E-state index in [0.29, 0.717) is 0 Å². The summed E-state index contributed by atoms with van der Waals surface area (Å²) in [7, 11) is 0. The molecular weight excluding hydrogens is 450 g/mol. The highest BCUT2D eigenvalue weighted by molar-refractivity contribution is 6.26. The maximum atomic E-state index is 12.2. The molecule has 4 rings (SSSR count). The van der Waals surface area contributed by atoms with E-state index < -0.39 is 42.9 Å². The van der Waals surface area contributed by atoms with Gasteiger partial charge in [0.05, 0.1) is 13.2 Å². The summed E-state index contributed by atoms with van der Waals surface area (Å²) < 4.78 is 29.9. The first-order valence-corrected chi connectivity index (χ1v) is 11.2. The van der Waals surface area contributed by atoms with Crippen LogP contribution in [0, 0.1) is 0 Å². The third-order valence-corrected chi connectivity index (χ3v) is 5.63. The van der Waals surface area contributed by atoms with E-state index in [4.69, 9.17) is 35.3 Å². The molecule has 0 radical (unpaired) electrons. The monoisotopic (exact) mass is 475 g/mol. The summed E-state index contributed by atoms with van der Waals surface area (Å²) in [4.78, 5) is 24.2. The van der Waals surface area contributed by atoms with Crippen LogP contribution >= 0.6 is 11.6 Å². The number of esters is 1. The second kappa shape index (κ2) is 11.1. The summed E-state index contributed by atoms with van der Waals surface area (Å²) in [6, 6.07) is 18.2. The smallest absolute Gasteiger partial charge is 0.321 e. The van der Waals surface area contributed by atoms with Crippen LogP contribution in [0.25, 0.3) is 0 Å². The van der Waals surface area contributed by atoms with Crippen molar-refractivity contribution in [2.75, 3.05) is 12.5 Å². The summed E-state index contributed by atoms with van der Waals surface area (Å²) in [5.41, 5.74) is 1.75. The van der Waals surface area contributed by atoms with Gasteiger partial charge in [-0.25, -0.2) is 0 Å². The van der Waals surface area contributed by atoms with Crippen LogP contribution in [0.5, 0.6) is 0 Å². The number of fused-ring (bicyclic) bond motifs is 1. The fourth-order valence-electron chi connectivity index (χ4n) is 3.96. The lowest BCUT2D eigenvalue weighted by Gasteiger charge is -2.48. The number of hydrogen-bond donors (Lipinski definition) is 1. The summed E-state index contributed by atoms with van der Waals surface area (Å²) in [5.74, 6) is -1.30. The van der Waals surface area contributed by atoms with Crippen LogP contribution < -0.4 is 5.32 Å². The van der Waals surface area contributed by atoms with Crippen molar-refractivity contribution in [2.24, 2.45) is 0 Å². The van der Waals surface area contributed by atoms with E-state index in [1.165, 1.54) is 6.92 Å². The molecule has 33 heavy (non-hydrogen) atoms. The van der Waals surface area contributed by atoms with Gasteiger partial charge in [-0.1, -0.05) is 60.7 Å². The molecule has 0 aromatic heterocycles. The van der Waals surface area contributed by atoms with Crippen LogP contribution in [-0.2, 0) is 39.9 Å². The number of amides is 1. The zero-order valence-electron chi connectivity index (χ0n) is 18.1. The maximum absolute atomic E-state index is 12.2. The molecule has 0 spiro atoms. The lowest BCUT2D eigenvalue weighted by molar-refractivity contribution is -0.346. The Balaban J connectivity index is 1.58. The molecule has 0 bridgehead atoms. The van der Waals surface area contributed by atoms with Crippen LogP contribution in [0.3, 0.4) is 0 Å². The Kier molecular flexibility index (Phi) is 7.95. The second-order valence-corrected chi connectivity index (χ2v) is 8.10. The topological polar surface area (TPSA) is 92.3 Å². The van der Waals surface area contributed by atoms with Gasteiger partial charge in [-0.15, -0.1) is 11.6 Å². The maximum Gasteiger partial charge on any atom is 0.321 e. The third-order valence-electron chi connectivity index (χ3n) is 5.41. The number of nitrogens with one attached hydrogen (secondary N) is 1. The van der Waals surface area contributed by atoms with E-state index in [2.05, 4.69) is 5.32 Å². The number of halogens is 1. The van der Waals surface area contributed by atoms with Crippen molar-refractivity contribution in [3.63, 3.8) is 0 Å². The normalized spacial score (nSPS) is 29.0. The van der Waals surface area contributed by atoms with E-state index in [0.717, 1.165) is 11.1 Å². The average molecular weight is 476 g/mol. The SMILES string of the molecule is CC(=O)N[C@H]1C(OC(=O)CCl)[C@@H]2OC(c3ccccc3)OCC2O[C@H]1OCc1ccccc1. The molecule has 1 N–H and O–H groups in total. The van der Waals surface area contributed by atoms with Crippen molar-refractivity contribution in [1.82, 2.24) is 5.32 Å². The van der Waals surface area contributed by atoms with Gasteiger partial charge in [-0.2, -0.15) is 0 Å². The number of ether oxygens (including phenoxy) is 5. The minimum Gasteiger partial charge on any atom is -0.456 e. The molecule has 9 heteroatoms. The molecule has 0 saturated carbocycles. The van der Waals surface area contributed by atoms with Gasteiger partial charge >= 0.3 is 5.97 Å². The molecule has 2 aromatic carbocycles. The Morgan fingerprint density at radius 2 is 1.76 bits per heavy atom. The molecule has 176 valence electrons. The Labute approximate surface area is 197 Å². The first-order valence-electron chi connectivity index (χ1n) is 10.7. The predicted molar refractivity (Wildman–Crippen MR) is 118 cm³/mol. The summed E-state index contributed by atoms with van der Waals surface area (Å²) in [6.07, 6.45) is -3.75. The van der Waals surface area contributed by atoms with Crippen LogP contribution in [-0.4, -0.2) is 55.0 Å². The molecule has 2 aliphatic heterocycles. The van der Waals surface area contributed by atoms with Crippen molar-refractivity contribution in [2.45, 2.75) is 50.5 Å². The number of carbonyl (C=O) groups is 2. The third kappa shape index (κ3) is 5.90. The van der Waals surface area contributed by atoms with Gasteiger partial charge in [-0.05, 0) is 5.56 Å². The lowest BCUT2D eigenvalue weighted by atomic mass is 9.95. The molecular formula is C24H26ClNO7. The lowest BCUT2D eigenvalue weighted by Crippen LogP contribution is -2.67. The van der Waals surface area contributed by atoms with Crippen LogP contribution in [0.2, 0.25) is 0 Å². The summed E-state index contributed by atoms with van der Waals surface area (Å²) in [6.45, 7) is 1.80. The molecule has 2 aromatic rings. The van der Waals surface area contributed by atoms with Crippen molar-refractivity contribution in [3.8, 4) is 0 Å². The van der Waals surface area contributed by atoms with Gasteiger partial charge in [0.15, 0.2) is 18.7 Å². The van der Waals surface area contributed by atoms with Gasteiger partial charge < -0.3 is 29.0 Å². The highest BCUT2D eigenvalue weighted by Crippen LogP contribution is 2.36. The fraction of sp³-hybridized carbons (Fsp3) is 0.417. The van der Waals surface area contributed by atoms with Gasteiger partial charge in [-0.3, -0.25) is 9.59 Å². The van der Waals surface area contributed by atoms with Crippen molar-refractivity contribution < 1.29 is 33.3 Å². The van der Waals surface area contributed by atoms with E-state index in [-0.39, 0.29) is 25.0 Å². The molecule has 1 amide bonds. The zero-order valence-corrected chi connectivity index (χ0v) is 18.9. The Morgan fingerprint density at radius 1 is 1.06 bits per heavy atom. The first-order chi connectivity index (χ1) is 16.0. The largest absolute Gasteiger partial charge is 0.456 e. The predicted octanol–water partition coefficient (Wildman–Crippen LogP) is 2.70. The van der Waals surface area contributed by atoms with Gasteiger partial charge in [0.1, 0.15) is 24.1 Å². The standard InChI is InChI=1S/C24H26ClNO7/c1-15(27)26-20-22(32-19(28)12-25)21-18(14-30-23(33-21)17-10-6-3-7-11-17)31-24(20)29-13-16-8-4-2-5-9-16/h2-11,18,20-24H,12-14H2,1H3,(H,26,27)/t18?,20-,21+,22?,23?,24+/m0/s1. The second-order valence-electron chi connectivity index (χ2n) is 7.83. The van der Waals surface area contributed by atoms with Gasteiger partial charge in [0.2, 0.25) is 5.91 Å². The van der Waals surface area contributed by atoms with Gasteiger partial charge in [0.25, 0.3) is 0 Å². The molecule has 2 saturated heterocycles. The molecule has 2 aliphatic rings. The summed E-state index contributed by atoms with van der Waals surface area (Å²) in [5, 5.41) is 2.81. The zero-order chi connectivity index (χ0) is 23.2. The molecule has 6 atom stereocenters. The van der Waals surface area contributed by atoms with Crippen LogP contribution in [0.15, 0.2) is 60.7 Å². The Morgan fingerprint density at radius 3 is 2.42 bits per heavy atom. The van der Waals surface area contributed by atoms with Crippen LogP contribution in [0.4, 0.5) is 0 Å². The molecule has 0 aliphatic carbocycles. The number of benzene rings is 2. The van der Waals surface area contributed by atoms with Crippen LogP contribution in [0.1, 0.15) is 24.3 Å². The number of rotatable bonds is 7. The van der Waals surface area contributed by atoms with E-state index >= 15 is 0 Å². The van der Waals surface area contributed by atoms with Crippen molar-refractivity contribution in [1.29, 1.82) is 0 Å². The average Bonchev–Trinajstić information content (AvgIpc) is 2.84. The number of alkyl halides is 1. The minimum atomic E-state index is -0.899. The van der Waals surface area contributed by atoms with Crippen molar-refractivity contribution in [3.05, 3.63) is 71.8 Å². The Bertz CT molecular complexity index is 929. The number of carbonyl (C=O) groups excluding carboxylic acids is 2. The van der Waals surface area contributed by atoms with Gasteiger partial charge in [0, 0.05) is 12.5 Å². The number of hydrogen-bond acceptors (Lipinski definition) is 7. The van der Waals surface area contributed by atoms with E-state index in [1.807, 2.05) is 60.7 Å². The summed E-state index contributed by atoms with van der Waals surface area (Å²) >= 11 is 5.71. The van der Waals surface area contributed by atoms with E-state index in [9.17, 15) is 9.59 Å². The highest BCUT2D eigenvalue weighted by Gasteiger charge is 2.52. The first kappa shape index (κ1) is 23.7. The molecule has 2 fully saturated rings.